The Kier molecular flexibility index (Phi) is 3.67. The van der Waals surface area contributed by atoms with E-state index in [1.807, 2.05) is 26.0 Å². The molecule has 140 valence electrons. The lowest BCUT2D eigenvalue weighted by molar-refractivity contribution is 0.0979. The molecular weight excluding hydrogens is 354 g/mol. The van der Waals surface area contributed by atoms with Crippen LogP contribution in [0.25, 0.3) is 22.1 Å². The summed E-state index contributed by atoms with van der Waals surface area (Å²) in [5, 5.41) is 9.32. The van der Waals surface area contributed by atoms with Gasteiger partial charge in [-0.25, -0.2) is 0 Å². The number of aryl methyl sites for hydroxylation is 1. The number of nitrogens with two attached hydrogens (primary N) is 1. The molecule has 28 heavy (non-hydrogen) atoms. The van der Waals surface area contributed by atoms with Gasteiger partial charge in [0.25, 0.3) is 5.91 Å². The third-order valence-electron chi connectivity index (χ3n) is 5.23. The monoisotopic (exact) mass is 373 g/mol. The number of benzene rings is 1. The van der Waals surface area contributed by atoms with Crippen LogP contribution in [0.2, 0.25) is 0 Å². The van der Waals surface area contributed by atoms with E-state index >= 15 is 0 Å². The van der Waals surface area contributed by atoms with E-state index in [9.17, 15) is 4.79 Å². The molecule has 7 heteroatoms. The van der Waals surface area contributed by atoms with Gasteiger partial charge in [-0.1, -0.05) is 6.07 Å². The summed E-state index contributed by atoms with van der Waals surface area (Å²) in [6.45, 7) is 4.45. The van der Waals surface area contributed by atoms with Crippen LogP contribution in [0.5, 0.6) is 0 Å². The largest absolute Gasteiger partial charge is 0.452 e. The van der Waals surface area contributed by atoms with Gasteiger partial charge in [-0.05, 0) is 37.6 Å². The lowest BCUT2D eigenvalue weighted by Gasteiger charge is -2.27. The molecule has 0 fully saturated rings. The van der Waals surface area contributed by atoms with Crippen molar-refractivity contribution in [3.05, 3.63) is 59.0 Å². The van der Waals surface area contributed by atoms with Crippen molar-refractivity contribution in [2.75, 3.05) is 11.4 Å². The lowest BCUT2D eigenvalue weighted by Crippen LogP contribution is -2.38. The molecular formula is C21H19N5O2. The second kappa shape index (κ2) is 6.10. The van der Waals surface area contributed by atoms with Crippen molar-refractivity contribution in [2.24, 2.45) is 5.73 Å². The second-order valence-electron chi connectivity index (χ2n) is 7.23. The van der Waals surface area contributed by atoms with Gasteiger partial charge in [0.2, 0.25) is 0 Å². The number of furan rings is 1. The normalized spacial score (nSPS) is 15.2. The Bertz CT molecular complexity index is 1240. The van der Waals surface area contributed by atoms with E-state index in [1.54, 1.807) is 29.4 Å². The summed E-state index contributed by atoms with van der Waals surface area (Å²) in [6.07, 6.45) is 3.98. The standard InChI is InChI=1S/C21H19N5O2/c1-11-8-14(12(2)22)19-15(9-11)18-20(28-19)17(10-24-25-18)26-7-5-16-13(21(26)27)4-3-6-23-16/h3-4,6,8-10,12H,5,7,22H2,1-2H3. The molecule has 0 aliphatic carbocycles. The number of aromatic nitrogens is 3. The molecule has 2 N–H and O–H groups in total. The molecule has 1 aliphatic rings. The Labute approximate surface area is 161 Å². The lowest BCUT2D eigenvalue weighted by atomic mass is 10.0. The zero-order chi connectivity index (χ0) is 19.4. The molecule has 1 aromatic carbocycles. The highest BCUT2D eigenvalue weighted by atomic mass is 16.3. The minimum atomic E-state index is -0.186. The summed E-state index contributed by atoms with van der Waals surface area (Å²) < 4.78 is 6.23. The van der Waals surface area contributed by atoms with Crippen LogP contribution in [0.3, 0.4) is 0 Å². The SMILES string of the molecule is Cc1cc(C(C)N)c2oc3c(N4CCc5ncccc5C4=O)cnnc3c2c1. The number of nitrogens with zero attached hydrogens (tertiary/aromatic N) is 4. The topological polar surface area (TPSA) is 98.1 Å². The van der Waals surface area contributed by atoms with Crippen LogP contribution in [0, 0.1) is 6.92 Å². The van der Waals surface area contributed by atoms with E-state index in [4.69, 9.17) is 10.2 Å². The van der Waals surface area contributed by atoms with Gasteiger partial charge in [-0.3, -0.25) is 9.78 Å². The summed E-state index contributed by atoms with van der Waals surface area (Å²) in [5.74, 6) is -0.104. The Morgan fingerprint density at radius 1 is 1.29 bits per heavy atom. The molecule has 3 aromatic heterocycles. The third-order valence-corrected chi connectivity index (χ3v) is 5.23. The van der Waals surface area contributed by atoms with Crippen molar-refractivity contribution < 1.29 is 9.21 Å². The fourth-order valence-corrected chi connectivity index (χ4v) is 3.89. The molecule has 0 radical (unpaired) electrons. The van der Waals surface area contributed by atoms with Crippen molar-refractivity contribution in [3.63, 3.8) is 0 Å². The number of fused-ring (bicyclic) bond motifs is 4. The maximum Gasteiger partial charge on any atom is 0.260 e. The quantitative estimate of drug-likeness (QED) is 0.579. The third kappa shape index (κ3) is 2.40. The molecule has 0 spiro atoms. The van der Waals surface area contributed by atoms with Crippen LogP contribution in [0.15, 0.2) is 41.1 Å². The van der Waals surface area contributed by atoms with E-state index in [-0.39, 0.29) is 11.9 Å². The summed E-state index contributed by atoms with van der Waals surface area (Å²) in [6, 6.07) is 7.44. The molecule has 5 rings (SSSR count). The number of pyridine rings is 1. The number of carbonyl (C=O) groups is 1. The predicted octanol–water partition coefficient (Wildman–Crippen LogP) is 3.30. The van der Waals surface area contributed by atoms with Gasteiger partial charge in [0, 0.05) is 36.2 Å². The number of rotatable bonds is 2. The first-order valence-electron chi connectivity index (χ1n) is 9.24. The summed E-state index contributed by atoms with van der Waals surface area (Å²) >= 11 is 0. The van der Waals surface area contributed by atoms with E-state index in [2.05, 4.69) is 15.2 Å². The second-order valence-corrected chi connectivity index (χ2v) is 7.23. The molecule has 1 aliphatic heterocycles. The van der Waals surface area contributed by atoms with Crippen molar-refractivity contribution in [1.29, 1.82) is 0 Å². The van der Waals surface area contributed by atoms with Crippen LogP contribution < -0.4 is 10.6 Å². The van der Waals surface area contributed by atoms with Crippen molar-refractivity contribution in [1.82, 2.24) is 15.2 Å². The number of anilines is 1. The maximum absolute atomic E-state index is 13.1. The zero-order valence-corrected chi connectivity index (χ0v) is 15.6. The number of carbonyl (C=O) groups excluding carboxylic acids is 1. The van der Waals surface area contributed by atoms with Crippen LogP contribution in [-0.2, 0) is 6.42 Å². The van der Waals surface area contributed by atoms with Gasteiger partial charge in [-0.2, -0.15) is 5.10 Å². The predicted molar refractivity (Wildman–Crippen MR) is 106 cm³/mol. The molecule has 7 nitrogen and oxygen atoms in total. The van der Waals surface area contributed by atoms with Gasteiger partial charge in [0.05, 0.1) is 17.5 Å². The minimum absolute atomic E-state index is 0.104. The van der Waals surface area contributed by atoms with Gasteiger partial charge in [0.15, 0.2) is 5.58 Å². The number of hydrogen-bond acceptors (Lipinski definition) is 6. The first-order chi connectivity index (χ1) is 13.5. The van der Waals surface area contributed by atoms with E-state index in [0.29, 0.717) is 40.9 Å². The highest BCUT2D eigenvalue weighted by molar-refractivity contribution is 6.14. The molecule has 0 saturated heterocycles. The van der Waals surface area contributed by atoms with Crippen molar-refractivity contribution in [3.8, 4) is 0 Å². The maximum atomic E-state index is 13.1. The molecule has 1 amide bonds. The average molecular weight is 373 g/mol. The highest BCUT2D eigenvalue weighted by Gasteiger charge is 2.29. The first kappa shape index (κ1) is 16.8. The minimum Gasteiger partial charge on any atom is -0.452 e. The number of hydrogen-bond donors (Lipinski definition) is 1. The summed E-state index contributed by atoms with van der Waals surface area (Å²) in [5.41, 5.74) is 12.1. The van der Waals surface area contributed by atoms with Crippen molar-refractivity contribution in [2.45, 2.75) is 26.3 Å². The Hall–Kier alpha value is -3.32. The zero-order valence-electron chi connectivity index (χ0n) is 15.6. The van der Waals surface area contributed by atoms with E-state index in [1.165, 1.54) is 0 Å². The van der Waals surface area contributed by atoms with Crippen LogP contribution in [0.4, 0.5) is 5.69 Å². The molecule has 0 bridgehead atoms. The highest BCUT2D eigenvalue weighted by Crippen LogP contribution is 2.37. The Balaban J connectivity index is 1.74. The fourth-order valence-electron chi connectivity index (χ4n) is 3.89. The van der Waals surface area contributed by atoms with E-state index in [0.717, 1.165) is 22.2 Å². The fraction of sp³-hybridized carbons (Fsp3) is 0.238. The average Bonchev–Trinajstić information content (AvgIpc) is 3.06. The van der Waals surface area contributed by atoms with Crippen LogP contribution in [0.1, 0.15) is 40.1 Å². The van der Waals surface area contributed by atoms with Gasteiger partial charge >= 0.3 is 0 Å². The van der Waals surface area contributed by atoms with Gasteiger partial charge in [-0.15, -0.1) is 5.10 Å². The molecule has 4 aromatic rings. The smallest absolute Gasteiger partial charge is 0.260 e. The van der Waals surface area contributed by atoms with E-state index < -0.39 is 0 Å². The van der Waals surface area contributed by atoms with Gasteiger partial charge in [0.1, 0.15) is 16.8 Å². The Morgan fingerprint density at radius 3 is 2.96 bits per heavy atom. The molecule has 4 heterocycles. The first-order valence-corrected chi connectivity index (χ1v) is 9.24. The van der Waals surface area contributed by atoms with Crippen LogP contribution in [-0.4, -0.2) is 27.6 Å². The van der Waals surface area contributed by atoms with Gasteiger partial charge < -0.3 is 15.1 Å². The summed E-state index contributed by atoms with van der Waals surface area (Å²) in [4.78, 5) is 19.1. The summed E-state index contributed by atoms with van der Waals surface area (Å²) in [7, 11) is 0. The van der Waals surface area contributed by atoms with Crippen molar-refractivity contribution >= 4 is 33.7 Å². The van der Waals surface area contributed by atoms with Crippen LogP contribution >= 0.6 is 0 Å². The molecule has 1 atom stereocenters. The molecule has 1 unspecified atom stereocenters. The number of amides is 1. The molecule has 0 saturated carbocycles. The Morgan fingerprint density at radius 2 is 2.14 bits per heavy atom.